The summed E-state index contributed by atoms with van der Waals surface area (Å²) in [6, 6.07) is 4.87. The van der Waals surface area contributed by atoms with Crippen LogP contribution in [0.15, 0.2) is 18.2 Å². The van der Waals surface area contributed by atoms with Crippen molar-refractivity contribution in [1.82, 2.24) is 5.43 Å². The second kappa shape index (κ2) is 6.40. The highest BCUT2D eigenvalue weighted by Crippen LogP contribution is 2.28. The highest BCUT2D eigenvalue weighted by atomic mass is 16.5. The third-order valence-corrected chi connectivity index (χ3v) is 2.85. The first-order valence-electron chi connectivity index (χ1n) is 5.97. The van der Waals surface area contributed by atoms with E-state index in [1.807, 2.05) is 0 Å². The minimum atomic E-state index is -1.03. The highest BCUT2D eigenvalue weighted by Gasteiger charge is 2.34. The molecule has 0 aliphatic carbocycles. The standard InChI is InChI=1S/C13H20N2O4/c1-4-19-12(17)13(2,15-14)8-9-5-6-10(16)11(7-9)18-3/h5-7,15-16H,4,8,14H2,1-3H3. The van der Waals surface area contributed by atoms with Crippen molar-refractivity contribution in [1.29, 1.82) is 0 Å². The van der Waals surface area contributed by atoms with Crippen LogP contribution in [-0.2, 0) is 16.0 Å². The zero-order chi connectivity index (χ0) is 14.5. The van der Waals surface area contributed by atoms with E-state index < -0.39 is 11.5 Å². The largest absolute Gasteiger partial charge is 0.504 e. The number of methoxy groups -OCH3 is 1. The van der Waals surface area contributed by atoms with Crippen LogP contribution in [0.1, 0.15) is 19.4 Å². The van der Waals surface area contributed by atoms with Gasteiger partial charge in [0.1, 0.15) is 5.54 Å². The van der Waals surface area contributed by atoms with Crippen LogP contribution in [0.4, 0.5) is 0 Å². The summed E-state index contributed by atoms with van der Waals surface area (Å²) < 4.78 is 10.0. The van der Waals surface area contributed by atoms with Crippen molar-refractivity contribution < 1.29 is 19.4 Å². The van der Waals surface area contributed by atoms with E-state index in [9.17, 15) is 9.90 Å². The van der Waals surface area contributed by atoms with Gasteiger partial charge in [-0.2, -0.15) is 0 Å². The van der Waals surface area contributed by atoms with Crippen molar-refractivity contribution in [2.45, 2.75) is 25.8 Å². The van der Waals surface area contributed by atoms with E-state index in [2.05, 4.69) is 5.43 Å². The van der Waals surface area contributed by atoms with Crippen molar-refractivity contribution in [3.8, 4) is 11.5 Å². The Balaban J connectivity index is 2.95. The molecular formula is C13H20N2O4. The molecule has 1 rings (SSSR count). The molecule has 19 heavy (non-hydrogen) atoms. The van der Waals surface area contributed by atoms with Gasteiger partial charge < -0.3 is 14.6 Å². The summed E-state index contributed by atoms with van der Waals surface area (Å²) in [6.45, 7) is 3.68. The molecule has 0 bridgehead atoms. The zero-order valence-electron chi connectivity index (χ0n) is 11.4. The summed E-state index contributed by atoms with van der Waals surface area (Å²) >= 11 is 0. The Hall–Kier alpha value is -1.79. The van der Waals surface area contributed by atoms with Crippen LogP contribution >= 0.6 is 0 Å². The number of carbonyl (C=O) groups excluding carboxylic acids is 1. The average molecular weight is 268 g/mol. The van der Waals surface area contributed by atoms with Crippen LogP contribution in [0.3, 0.4) is 0 Å². The lowest BCUT2D eigenvalue weighted by atomic mass is 9.93. The maximum absolute atomic E-state index is 11.9. The molecule has 0 saturated heterocycles. The molecule has 0 aliphatic heterocycles. The highest BCUT2D eigenvalue weighted by molar-refractivity contribution is 5.80. The van der Waals surface area contributed by atoms with E-state index >= 15 is 0 Å². The molecule has 106 valence electrons. The van der Waals surface area contributed by atoms with Gasteiger partial charge >= 0.3 is 5.97 Å². The third-order valence-electron chi connectivity index (χ3n) is 2.85. The molecule has 0 fully saturated rings. The Bertz CT molecular complexity index is 450. The second-order valence-corrected chi connectivity index (χ2v) is 4.38. The summed E-state index contributed by atoms with van der Waals surface area (Å²) in [7, 11) is 1.46. The van der Waals surface area contributed by atoms with Gasteiger partial charge in [0.05, 0.1) is 13.7 Å². The lowest BCUT2D eigenvalue weighted by molar-refractivity contribution is -0.150. The summed E-state index contributed by atoms with van der Waals surface area (Å²) in [5, 5.41) is 9.53. The first-order valence-corrected chi connectivity index (χ1v) is 5.97. The van der Waals surface area contributed by atoms with Gasteiger partial charge in [-0.25, -0.2) is 10.2 Å². The van der Waals surface area contributed by atoms with E-state index in [1.54, 1.807) is 26.0 Å². The van der Waals surface area contributed by atoms with E-state index in [4.69, 9.17) is 15.3 Å². The summed E-state index contributed by atoms with van der Waals surface area (Å²) in [5.41, 5.74) is 2.25. The van der Waals surface area contributed by atoms with Gasteiger partial charge in [0.25, 0.3) is 0 Å². The topological polar surface area (TPSA) is 93.8 Å². The molecule has 1 aromatic rings. The van der Waals surface area contributed by atoms with Gasteiger partial charge in [-0.1, -0.05) is 6.07 Å². The summed E-state index contributed by atoms with van der Waals surface area (Å²) in [6.07, 6.45) is 0.318. The lowest BCUT2D eigenvalue weighted by Crippen LogP contribution is -2.55. The molecule has 0 spiro atoms. The number of hydrogen-bond donors (Lipinski definition) is 3. The normalized spacial score (nSPS) is 13.7. The van der Waals surface area contributed by atoms with Gasteiger partial charge in [-0.3, -0.25) is 5.84 Å². The molecular weight excluding hydrogens is 248 g/mol. The molecule has 6 nitrogen and oxygen atoms in total. The molecule has 0 aliphatic rings. The molecule has 0 heterocycles. The Labute approximate surface area is 112 Å². The van der Waals surface area contributed by atoms with Gasteiger partial charge in [-0.05, 0) is 31.5 Å². The molecule has 0 saturated carbocycles. The number of phenols is 1. The smallest absolute Gasteiger partial charge is 0.327 e. The fourth-order valence-corrected chi connectivity index (χ4v) is 1.71. The monoisotopic (exact) mass is 268 g/mol. The van der Waals surface area contributed by atoms with Crippen molar-refractivity contribution >= 4 is 5.97 Å². The number of rotatable bonds is 6. The van der Waals surface area contributed by atoms with Crippen molar-refractivity contribution in [3.05, 3.63) is 23.8 Å². The van der Waals surface area contributed by atoms with Gasteiger partial charge in [-0.15, -0.1) is 0 Å². The van der Waals surface area contributed by atoms with Crippen molar-refractivity contribution in [2.24, 2.45) is 5.84 Å². The third kappa shape index (κ3) is 3.59. The van der Waals surface area contributed by atoms with E-state index in [0.717, 1.165) is 5.56 Å². The molecule has 0 radical (unpaired) electrons. The molecule has 1 atom stereocenters. The Morgan fingerprint density at radius 3 is 2.74 bits per heavy atom. The SMILES string of the molecule is CCOC(=O)C(C)(Cc1ccc(O)c(OC)c1)NN. The Morgan fingerprint density at radius 2 is 2.21 bits per heavy atom. The number of hydrogen-bond acceptors (Lipinski definition) is 6. The molecule has 1 unspecified atom stereocenters. The Morgan fingerprint density at radius 1 is 1.53 bits per heavy atom. The molecule has 4 N–H and O–H groups in total. The van der Waals surface area contributed by atoms with Gasteiger partial charge in [0, 0.05) is 6.42 Å². The maximum Gasteiger partial charge on any atom is 0.327 e. The van der Waals surface area contributed by atoms with Gasteiger partial charge in [0.2, 0.25) is 0 Å². The predicted molar refractivity (Wildman–Crippen MR) is 70.7 cm³/mol. The minimum absolute atomic E-state index is 0.0461. The zero-order valence-corrected chi connectivity index (χ0v) is 11.4. The van der Waals surface area contributed by atoms with E-state index in [1.165, 1.54) is 13.2 Å². The molecule has 1 aromatic carbocycles. The number of carbonyl (C=O) groups is 1. The van der Waals surface area contributed by atoms with E-state index in [-0.39, 0.29) is 12.4 Å². The molecule has 0 amide bonds. The minimum Gasteiger partial charge on any atom is -0.504 e. The van der Waals surface area contributed by atoms with Gasteiger partial charge in [0.15, 0.2) is 11.5 Å². The first kappa shape index (κ1) is 15.3. The maximum atomic E-state index is 11.9. The number of ether oxygens (including phenoxy) is 2. The number of esters is 1. The predicted octanol–water partition coefficient (Wildman–Crippen LogP) is 0.728. The number of aromatic hydroxyl groups is 1. The fourth-order valence-electron chi connectivity index (χ4n) is 1.71. The van der Waals surface area contributed by atoms with Crippen LogP contribution in [0.5, 0.6) is 11.5 Å². The van der Waals surface area contributed by atoms with Crippen LogP contribution < -0.4 is 16.0 Å². The van der Waals surface area contributed by atoms with Crippen LogP contribution in [-0.4, -0.2) is 30.3 Å². The average Bonchev–Trinajstić information content (AvgIpc) is 2.41. The number of phenolic OH excluding ortho intramolecular Hbond substituents is 1. The van der Waals surface area contributed by atoms with Crippen LogP contribution in [0.2, 0.25) is 0 Å². The van der Waals surface area contributed by atoms with Crippen molar-refractivity contribution in [2.75, 3.05) is 13.7 Å². The second-order valence-electron chi connectivity index (χ2n) is 4.38. The van der Waals surface area contributed by atoms with Crippen LogP contribution in [0, 0.1) is 0 Å². The summed E-state index contributed by atoms with van der Waals surface area (Å²) in [5.74, 6) is 5.42. The number of hydrazine groups is 1. The Kier molecular flexibility index (Phi) is 5.14. The number of benzene rings is 1. The summed E-state index contributed by atoms with van der Waals surface area (Å²) in [4.78, 5) is 11.9. The fraction of sp³-hybridized carbons (Fsp3) is 0.462. The van der Waals surface area contributed by atoms with Crippen molar-refractivity contribution in [3.63, 3.8) is 0 Å². The van der Waals surface area contributed by atoms with E-state index in [0.29, 0.717) is 12.2 Å². The molecule has 0 aromatic heterocycles. The number of nitrogens with two attached hydrogens (primary N) is 1. The molecule has 6 heteroatoms. The quantitative estimate of drug-likeness (QED) is 0.400. The first-order chi connectivity index (χ1) is 8.96. The lowest BCUT2D eigenvalue weighted by Gasteiger charge is -2.26. The number of nitrogens with one attached hydrogen (secondary N) is 1. The van der Waals surface area contributed by atoms with Crippen LogP contribution in [0.25, 0.3) is 0 Å².